The molecular weight excluding hydrogens is 238 g/mol. The van der Waals surface area contributed by atoms with E-state index in [2.05, 4.69) is 43.2 Å². The summed E-state index contributed by atoms with van der Waals surface area (Å²) < 4.78 is 4.92. The van der Waals surface area contributed by atoms with E-state index < -0.39 is 0 Å². The van der Waals surface area contributed by atoms with Gasteiger partial charge in [0.15, 0.2) is 5.96 Å². The third-order valence-electron chi connectivity index (χ3n) is 3.10. The molecule has 0 amide bonds. The zero-order valence-electron chi connectivity index (χ0n) is 12.4. The molecule has 0 fully saturated rings. The van der Waals surface area contributed by atoms with Crippen molar-refractivity contribution in [3.05, 3.63) is 34.4 Å². The lowest BCUT2D eigenvalue weighted by atomic mass is 9.97. The van der Waals surface area contributed by atoms with Crippen LogP contribution in [0.5, 0.6) is 0 Å². The Labute approximate surface area is 116 Å². The van der Waals surface area contributed by atoms with Gasteiger partial charge >= 0.3 is 0 Å². The maximum absolute atomic E-state index is 5.76. The first-order valence-corrected chi connectivity index (χ1v) is 6.64. The topological polar surface area (TPSA) is 59.6 Å². The normalized spacial score (nSPS) is 11.7. The molecule has 0 radical (unpaired) electrons. The van der Waals surface area contributed by atoms with Crippen molar-refractivity contribution in [3.8, 4) is 0 Å². The summed E-state index contributed by atoms with van der Waals surface area (Å²) in [6, 6.07) is 4.44. The number of ether oxygens (including phenoxy) is 1. The number of guanidine groups is 1. The minimum atomic E-state index is 0.486. The molecule has 0 spiro atoms. The fourth-order valence-corrected chi connectivity index (χ4v) is 2.23. The van der Waals surface area contributed by atoms with Gasteiger partial charge in [0.05, 0.1) is 13.2 Å². The van der Waals surface area contributed by atoms with Crippen LogP contribution in [-0.4, -0.2) is 32.8 Å². The van der Waals surface area contributed by atoms with E-state index in [9.17, 15) is 0 Å². The molecule has 0 atom stereocenters. The zero-order valence-corrected chi connectivity index (χ0v) is 12.4. The lowest BCUT2D eigenvalue weighted by Crippen LogP contribution is -2.33. The second kappa shape index (κ2) is 7.79. The van der Waals surface area contributed by atoms with Crippen LogP contribution < -0.4 is 11.1 Å². The number of nitrogens with two attached hydrogens (primary N) is 1. The third-order valence-corrected chi connectivity index (χ3v) is 3.10. The fourth-order valence-electron chi connectivity index (χ4n) is 2.23. The number of hydrogen-bond donors (Lipinski definition) is 2. The van der Waals surface area contributed by atoms with Gasteiger partial charge in [-0.1, -0.05) is 17.7 Å². The number of aliphatic imine (C=N–C) groups is 1. The van der Waals surface area contributed by atoms with Crippen LogP contribution in [0.25, 0.3) is 0 Å². The average molecular weight is 263 g/mol. The van der Waals surface area contributed by atoms with Crippen LogP contribution in [0.2, 0.25) is 0 Å². The molecule has 1 aromatic carbocycles. The molecule has 4 heteroatoms. The van der Waals surface area contributed by atoms with Crippen LogP contribution in [0.1, 0.15) is 22.3 Å². The molecular formula is C15H25N3O. The van der Waals surface area contributed by atoms with Crippen molar-refractivity contribution in [3.63, 3.8) is 0 Å². The van der Waals surface area contributed by atoms with Crippen molar-refractivity contribution in [1.82, 2.24) is 5.32 Å². The molecule has 19 heavy (non-hydrogen) atoms. The number of nitrogens with zero attached hydrogens (tertiary/aromatic N) is 1. The van der Waals surface area contributed by atoms with Gasteiger partial charge in [-0.15, -0.1) is 0 Å². The van der Waals surface area contributed by atoms with Gasteiger partial charge in [0.1, 0.15) is 0 Å². The molecule has 0 bridgehead atoms. The molecule has 1 rings (SSSR count). The molecule has 0 saturated heterocycles. The van der Waals surface area contributed by atoms with Crippen LogP contribution >= 0.6 is 0 Å². The highest BCUT2D eigenvalue weighted by Gasteiger charge is 2.03. The second-order valence-electron chi connectivity index (χ2n) is 4.81. The van der Waals surface area contributed by atoms with E-state index in [-0.39, 0.29) is 0 Å². The van der Waals surface area contributed by atoms with E-state index in [0.29, 0.717) is 19.1 Å². The van der Waals surface area contributed by atoms with Crippen LogP contribution in [-0.2, 0) is 11.2 Å². The van der Waals surface area contributed by atoms with Crippen LogP contribution in [0, 0.1) is 20.8 Å². The van der Waals surface area contributed by atoms with Gasteiger partial charge in [-0.3, -0.25) is 4.99 Å². The van der Waals surface area contributed by atoms with Gasteiger partial charge in [-0.05, 0) is 43.9 Å². The maximum Gasteiger partial charge on any atom is 0.188 e. The standard InChI is InChI=1S/C15H25N3O/c1-11-9-12(2)14(13(3)10-11)5-6-17-15(16)18-7-8-19-4/h9-10H,5-8H2,1-4H3,(H3,16,17,18). The molecule has 0 aromatic heterocycles. The van der Waals surface area contributed by atoms with Gasteiger partial charge in [0.2, 0.25) is 0 Å². The largest absolute Gasteiger partial charge is 0.383 e. The molecule has 0 saturated carbocycles. The van der Waals surface area contributed by atoms with Crippen LogP contribution in [0.3, 0.4) is 0 Å². The van der Waals surface area contributed by atoms with Crippen molar-refractivity contribution in [1.29, 1.82) is 0 Å². The Morgan fingerprint density at radius 3 is 2.47 bits per heavy atom. The minimum Gasteiger partial charge on any atom is -0.383 e. The van der Waals surface area contributed by atoms with Crippen LogP contribution in [0.15, 0.2) is 17.1 Å². The first kappa shape index (κ1) is 15.5. The highest BCUT2D eigenvalue weighted by Crippen LogP contribution is 2.16. The van der Waals surface area contributed by atoms with Gasteiger partial charge in [0.25, 0.3) is 0 Å². The molecule has 0 aliphatic rings. The second-order valence-corrected chi connectivity index (χ2v) is 4.81. The van der Waals surface area contributed by atoms with Crippen molar-refractivity contribution in [2.75, 3.05) is 26.8 Å². The highest BCUT2D eigenvalue weighted by atomic mass is 16.5. The molecule has 0 unspecified atom stereocenters. The smallest absolute Gasteiger partial charge is 0.188 e. The Morgan fingerprint density at radius 2 is 1.89 bits per heavy atom. The Bertz CT molecular complexity index is 418. The lowest BCUT2D eigenvalue weighted by molar-refractivity contribution is 0.208. The number of hydrogen-bond acceptors (Lipinski definition) is 2. The SMILES string of the molecule is COCCN=C(N)NCCc1c(C)cc(C)cc1C. The first-order valence-electron chi connectivity index (χ1n) is 6.64. The van der Waals surface area contributed by atoms with E-state index in [1.54, 1.807) is 7.11 Å². The monoisotopic (exact) mass is 263 g/mol. The van der Waals surface area contributed by atoms with Crippen molar-refractivity contribution >= 4 is 5.96 Å². The lowest BCUT2D eigenvalue weighted by Gasteiger charge is -2.12. The quantitative estimate of drug-likeness (QED) is 0.466. The van der Waals surface area contributed by atoms with Gasteiger partial charge in [-0.2, -0.15) is 0 Å². The molecule has 106 valence electrons. The number of aryl methyl sites for hydroxylation is 3. The summed E-state index contributed by atoms with van der Waals surface area (Å²) in [4.78, 5) is 4.16. The van der Waals surface area contributed by atoms with Gasteiger partial charge in [-0.25, -0.2) is 0 Å². The van der Waals surface area contributed by atoms with Gasteiger partial charge < -0.3 is 15.8 Å². The summed E-state index contributed by atoms with van der Waals surface area (Å²) >= 11 is 0. The minimum absolute atomic E-state index is 0.486. The number of methoxy groups -OCH3 is 1. The van der Waals surface area contributed by atoms with E-state index >= 15 is 0 Å². The summed E-state index contributed by atoms with van der Waals surface area (Å²) in [6.45, 7) is 8.43. The number of benzene rings is 1. The third kappa shape index (κ3) is 5.30. The molecule has 0 aliphatic heterocycles. The molecule has 1 aromatic rings. The predicted molar refractivity (Wildman–Crippen MR) is 80.7 cm³/mol. The summed E-state index contributed by atoms with van der Waals surface area (Å²) in [6.07, 6.45) is 0.957. The van der Waals surface area contributed by atoms with Crippen LogP contribution in [0.4, 0.5) is 0 Å². The number of nitrogens with one attached hydrogen (secondary N) is 1. The Morgan fingerprint density at radius 1 is 1.26 bits per heavy atom. The Hall–Kier alpha value is -1.55. The van der Waals surface area contributed by atoms with Crippen molar-refractivity contribution in [2.45, 2.75) is 27.2 Å². The number of rotatable bonds is 6. The highest BCUT2D eigenvalue weighted by molar-refractivity contribution is 5.77. The summed E-state index contributed by atoms with van der Waals surface area (Å²) in [5, 5.41) is 3.13. The van der Waals surface area contributed by atoms with E-state index in [1.165, 1.54) is 22.3 Å². The van der Waals surface area contributed by atoms with Gasteiger partial charge in [0, 0.05) is 13.7 Å². The van der Waals surface area contributed by atoms with E-state index in [4.69, 9.17) is 10.5 Å². The van der Waals surface area contributed by atoms with Crippen molar-refractivity contribution in [2.24, 2.45) is 10.7 Å². The molecule has 0 aliphatic carbocycles. The fraction of sp³-hybridized carbons (Fsp3) is 0.533. The molecule has 4 nitrogen and oxygen atoms in total. The van der Waals surface area contributed by atoms with Crippen molar-refractivity contribution < 1.29 is 4.74 Å². The van der Waals surface area contributed by atoms with E-state index in [1.807, 2.05) is 0 Å². The predicted octanol–water partition coefficient (Wildman–Crippen LogP) is 1.71. The zero-order chi connectivity index (χ0) is 14.3. The average Bonchev–Trinajstić information content (AvgIpc) is 2.32. The first-order chi connectivity index (χ1) is 9.04. The summed E-state index contributed by atoms with van der Waals surface area (Å²) in [5.41, 5.74) is 11.1. The summed E-state index contributed by atoms with van der Waals surface area (Å²) in [7, 11) is 1.65. The Kier molecular flexibility index (Phi) is 6.36. The summed E-state index contributed by atoms with van der Waals surface area (Å²) in [5.74, 6) is 0.486. The van der Waals surface area contributed by atoms with E-state index in [0.717, 1.165) is 13.0 Å². The molecule has 0 heterocycles. The molecule has 3 N–H and O–H groups in total. The Balaban J connectivity index is 2.47. The maximum atomic E-state index is 5.76.